The van der Waals surface area contributed by atoms with Gasteiger partial charge in [0.25, 0.3) is 0 Å². The highest BCUT2D eigenvalue weighted by atomic mass is 19.4. The van der Waals surface area contributed by atoms with E-state index in [2.05, 4.69) is 4.98 Å². The first-order valence-electron chi connectivity index (χ1n) is 4.88. The number of pyridine rings is 1. The third-order valence-electron chi connectivity index (χ3n) is 1.97. The van der Waals surface area contributed by atoms with E-state index in [4.69, 9.17) is 5.73 Å². The molecule has 1 rings (SSSR count). The van der Waals surface area contributed by atoms with Gasteiger partial charge in [-0.05, 0) is 19.1 Å². The predicted molar refractivity (Wildman–Crippen MR) is 56.3 cm³/mol. The highest BCUT2D eigenvalue weighted by molar-refractivity contribution is 5.39. The molecule has 0 aliphatic rings. The van der Waals surface area contributed by atoms with Gasteiger partial charge in [-0.3, -0.25) is 0 Å². The number of nitrogens with zero attached hydrogens (tertiary/aromatic N) is 2. The van der Waals surface area contributed by atoms with E-state index in [0.29, 0.717) is 11.5 Å². The maximum Gasteiger partial charge on any atom is 0.405 e. The minimum atomic E-state index is -4.25. The molecule has 6 heteroatoms. The van der Waals surface area contributed by atoms with Crippen LogP contribution >= 0.6 is 0 Å². The van der Waals surface area contributed by atoms with E-state index in [1.807, 2.05) is 0 Å². The first-order valence-corrected chi connectivity index (χ1v) is 4.88. The van der Waals surface area contributed by atoms with Crippen LogP contribution in [0.5, 0.6) is 0 Å². The Morgan fingerprint density at radius 2 is 2.06 bits per heavy atom. The zero-order valence-electron chi connectivity index (χ0n) is 8.96. The lowest BCUT2D eigenvalue weighted by molar-refractivity contribution is -0.119. The summed E-state index contributed by atoms with van der Waals surface area (Å²) in [6.45, 7) is 1.00. The van der Waals surface area contributed by atoms with Crippen LogP contribution in [0.25, 0.3) is 0 Å². The summed E-state index contributed by atoms with van der Waals surface area (Å²) in [6, 6.07) is 4.96. The first kappa shape index (κ1) is 12.8. The molecule has 0 bridgehead atoms. The summed E-state index contributed by atoms with van der Waals surface area (Å²) in [4.78, 5) is 5.18. The standard InChI is InChI=1S/C10H14F3N3/c1-8-3-2-4-9(15-8)16(6-5-14)7-10(11,12)13/h2-4H,5-7,14H2,1H3. The summed E-state index contributed by atoms with van der Waals surface area (Å²) in [5.41, 5.74) is 5.97. The molecule has 0 saturated carbocycles. The van der Waals surface area contributed by atoms with Gasteiger partial charge >= 0.3 is 6.18 Å². The van der Waals surface area contributed by atoms with Gasteiger partial charge in [-0.25, -0.2) is 4.98 Å². The molecule has 2 N–H and O–H groups in total. The van der Waals surface area contributed by atoms with Crippen LogP contribution in [0.3, 0.4) is 0 Å². The number of hydrogen-bond donors (Lipinski definition) is 1. The molecule has 1 aromatic rings. The molecule has 0 saturated heterocycles. The van der Waals surface area contributed by atoms with Gasteiger partial charge in [0, 0.05) is 18.8 Å². The van der Waals surface area contributed by atoms with Crippen LogP contribution in [0.1, 0.15) is 5.69 Å². The van der Waals surface area contributed by atoms with Gasteiger partial charge < -0.3 is 10.6 Å². The van der Waals surface area contributed by atoms with Crippen molar-refractivity contribution in [2.75, 3.05) is 24.5 Å². The maximum absolute atomic E-state index is 12.3. The van der Waals surface area contributed by atoms with E-state index in [-0.39, 0.29) is 13.1 Å². The molecule has 0 aromatic carbocycles. The van der Waals surface area contributed by atoms with Crippen molar-refractivity contribution in [2.45, 2.75) is 13.1 Å². The van der Waals surface area contributed by atoms with E-state index in [1.54, 1.807) is 25.1 Å². The summed E-state index contributed by atoms with van der Waals surface area (Å²) in [6.07, 6.45) is -4.25. The van der Waals surface area contributed by atoms with Crippen molar-refractivity contribution in [3.8, 4) is 0 Å². The SMILES string of the molecule is Cc1cccc(N(CCN)CC(F)(F)F)n1. The lowest BCUT2D eigenvalue weighted by atomic mass is 10.3. The van der Waals surface area contributed by atoms with E-state index in [0.717, 1.165) is 4.90 Å². The molecule has 0 amide bonds. The molecular weight excluding hydrogens is 219 g/mol. The molecule has 16 heavy (non-hydrogen) atoms. The van der Waals surface area contributed by atoms with Gasteiger partial charge in [0.1, 0.15) is 12.4 Å². The van der Waals surface area contributed by atoms with Crippen LogP contribution in [-0.2, 0) is 0 Å². The monoisotopic (exact) mass is 233 g/mol. The molecule has 0 aliphatic carbocycles. The third-order valence-corrected chi connectivity index (χ3v) is 1.97. The third kappa shape index (κ3) is 4.06. The fourth-order valence-electron chi connectivity index (χ4n) is 1.35. The molecule has 0 aliphatic heterocycles. The zero-order valence-corrected chi connectivity index (χ0v) is 8.96. The summed E-state index contributed by atoms with van der Waals surface area (Å²) < 4.78 is 36.9. The number of hydrogen-bond acceptors (Lipinski definition) is 3. The van der Waals surface area contributed by atoms with Gasteiger partial charge in [-0.1, -0.05) is 6.07 Å². The second-order valence-corrected chi connectivity index (χ2v) is 3.46. The fraction of sp³-hybridized carbons (Fsp3) is 0.500. The smallest absolute Gasteiger partial charge is 0.346 e. The maximum atomic E-state index is 12.3. The van der Waals surface area contributed by atoms with Gasteiger partial charge in [0.2, 0.25) is 0 Å². The summed E-state index contributed by atoms with van der Waals surface area (Å²) in [5, 5.41) is 0. The number of alkyl halides is 3. The minimum Gasteiger partial charge on any atom is -0.346 e. The molecule has 0 spiro atoms. The van der Waals surface area contributed by atoms with Gasteiger partial charge in [0.15, 0.2) is 0 Å². The van der Waals surface area contributed by atoms with Crippen LogP contribution in [0.15, 0.2) is 18.2 Å². The van der Waals surface area contributed by atoms with Gasteiger partial charge in [-0.15, -0.1) is 0 Å². The molecule has 0 atom stereocenters. The van der Waals surface area contributed by atoms with E-state index >= 15 is 0 Å². The Balaban J connectivity index is 2.85. The number of halogens is 3. The van der Waals surface area contributed by atoms with Crippen LogP contribution in [0, 0.1) is 6.92 Å². The molecular formula is C10H14F3N3. The molecule has 1 heterocycles. The highest BCUT2D eigenvalue weighted by Crippen LogP contribution is 2.20. The topological polar surface area (TPSA) is 42.1 Å². The van der Waals surface area contributed by atoms with Crippen LogP contribution < -0.4 is 10.6 Å². The average molecular weight is 233 g/mol. The second kappa shape index (κ2) is 5.16. The Hall–Kier alpha value is -1.30. The number of nitrogens with two attached hydrogens (primary N) is 1. The first-order chi connectivity index (χ1) is 7.42. The normalized spacial score (nSPS) is 11.6. The molecule has 1 aromatic heterocycles. The van der Waals surface area contributed by atoms with Gasteiger partial charge in [0.05, 0.1) is 0 Å². The second-order valence-electron chi connectivity index (χ2n) is 3.46. The fourth-order valence-corrected chi connectivity index (χ4v) is 1.35. The summed E-state index contributed by atoms with van der Waals surface area (Å²) >= 11 is 0. The van der Waals surface area contributed by atoms with Crippen LogP contribution in [0.4, 0.5) is 19.0 Å². The Bertz CT molecular complexity index is 338. The number of anilines is 1. The Labute approximate surface area is 92.1 Å². The van der Waals surface area contributed by atoms with E-state index in [9.17, 15) is 13.2 Å². The lowest BCUT2D eigenvalue weighted by Gasteiger charge is -2.24. The van der Waals surface area contributed by atoms with Crippen molar-refractivity contribution in [2.24, 2.45) is 5.73 Å². The van der Waals surface area contributed by atoms with Crippen molar-refractivity contribution in [1.29, 1.82) is 0 Å². The largest absolute Gasteiger partial charge is 0.405 e. The highest BCUT2D eigenvalue weighted by Gasteiger charge is 2.31. The van der Waals surface area contributed by atoms with Crippen molar-refractivity contribution in [3.63, 3.8) is 0 Å². The summed E-state index contributed by atoms with van der Waals surface area (Å²) in [7, 11) is 0. The van der Waals surface area contributed by atoms with Gasteiger partial charge in [-0.2, -0.15) is 13.2 Å². The number of rotatable bonds is 4. The van der Waals surface area contributed by atoms with Crippen molar-refractivity contribution in [1.82, 2.24) is 4.98 Å². The minimum absolute atomic E-state index is 0.135. The van der Waals surface area contributed by atoms with Crippen molar-refractivity contribution < 1.29 is 13.2 Å². The molecule has 0 fully saturated rings. The van der Waals surface area contributed by atoms with Crippen LogP contribution in [0.2, 0.25) is 0 Å². The van der Waals surface area contributed by atoms with E-state index in [1.165, 1.54) is 0 Å². The Morgan fingerprint density at radius 3 is 2.56 bits per heavy atom. The van der Waals surface area contributed by atoms with E-state index < -0.39 is 12.7 Å². The molecule has 90 valence electrons. The Morgan fingerprint density at radius 1 is 1.38 bits per heavy atom. The predicted octanol–water partition coefficient (Wildman–Crippen LogP) is 1.72. The zero-order chi connectivity index (χ0) is 12.2. The quantitative estimate of drug-likeness (QED) is 0.861. The van der Waals surface area contributed by atoms with Crippen molar-refractivity contribution in [3.05, 3.63) is 23.9 Å². The number of aryl methyl sites for hydroxylation is 1. The number of aromatic nitrogens is 1. The average Bonchev–Trinajstić information content (AvgIpc) is 2.15. The summed E-state index contributed by atoms with van der Waals surface area (Å²) in [5.74, 6) is 0.308. The molecule has 0 unspecified atom stereocenters. The van der Waals surface area contributed by atoms with Crippen LogP contribution in [-0.4, -0.2) is 30.8 Å². The lowest BCUT2D eigenvalue weighted by Crippen LogP contribution is -2.38. The molecule has 0 radical (unpaired) electrons. The van der Waals surface area contributed by atoms with Crippen molar-refractivity contribution >= 4 is 5.82 Å². The molecule has 3 nitrogen and oxygen atoms in total. The Kier molecular flexibility index (Phi) is 4.12.